The molecule has 1 saturated heterocycles. The van der Waals surface area contributed by atoms with Crippen LogP contribution in [0.15, 0.2) is 48.5 Å². The van der Waals surface area contributed by atoms with Crippen LogP contribution in [0.3, 0.4) is 0 Å². The molecule has 1 heterocycles. The first-order valence-electron chi connectivity index (χ1n) is 11.8. The van der Waals surface area contributed by atoms with Crippen LogP contribution in [-0.4, -0.2) is 60.1 Å². The molecule has 2 N–H and O–H groups in total. The topological polar surface area (TPSA) is 95.9 Å². The first-order chi connectivity index (χ1) is 16.8. The van der Waals surface area contributed by atoms with Crippen LogP contribution in [0, 0.1) is 17.8 Å². The number of hydrogen-bond donors (Lipinski definition) is 2. The zero-order chi connectivity index (χ0) is 24.7. The Kier molecular flexibility index (Phi) is 5.94. The van der Waals surface area contributed by atoms with Crippen LogP contribution >= 0.6 is 0 Å². The van der Waals surface area contributed by atoms with E-state index in [1.54, 1.807) is 0 Å². The summed E-state index contributed by atoms with van der Waals surface area (Å²) in [6.45, 7) is -0.00269. The Balaban J connectivity index is 1.14. The van der Waals surface area contributed by atoms with Crippen LogP contribution < -0.4 is 5.32 Å². The van der Waals surface area contributed by atoms with Crippen molar-refractivity contribution in [3.8, 4) is 11.1 Å². The van der Waals surface area contributed by atoms with E-state index >= 15 is 0 Å². The van der Waals surface area contributed by atoms with Gasteiger partial charge < -0.3 is 20.1 Å². The highest BCUT2D eigenvalue weighted by molar-refractivity contribution is 5.84. The van der Waals surface area contributed by atoms with Crippen molar-refractivity contribution in [2.75, 3.05) is 26.2 Å². The van der Waals surface area contributed by atoms with Gasteiger partial charge in [0.1, 0.15) is 12.5 Å². The maximum absolute atomic E-state index is 14.4. The van der Waals surface area contributed by atoms with Crippen molar-refractivity contribution in [1.82, 2.24) is 10.2 Å². The van der Waals surface area contributed by atoms with Gasteiger partial charge in [0, 0.05) is 25.6 Å². The minimum Gasteiger partial charge on any atom is -0.481 e. The molecule has 35 heavy (non-hydrogen) atoms. The Morgan fingerprint density at radius 2 is 1.57 bits per heavy atom. The van der Waals surface area contributed by atoms with Crippen molar-refractivity contribution in [3.05, 3.63) is 59.7 Å². The van der Waals surface area contributed by atoms with Crippen LogP contribution in [0.25, 0.3) is 11.1 Å². The molecule has 2 fully saturated rings. The van der Waals surface area contributed by atoms with E-state index in [4.69, 9.17) is 9.84 Å². The molecule has 3 aliphatic rings. The van der Waals surface area contributed by atoms with Crippen LogP contribution in [0.1, 0.15) is 29.9 Å². The molecular formula is C26H26F2N2O5. The second kappa shape index (κ2) is 8.94. The van der Waals surface area contributed by atoms with Crippen molar-refractivity contribution in [2.24, 2.45) is 17.8 Å². The van der Waals surface area contributed by atoms with Crippen molar-refractivity contribution in [2.45, 2.75) is 24.7 Å². The highest BCUT2D eigenvalue weighted by Crippen LogP contribution is 2.56. The van der Waals surface area contributed by atoms with Gasteiger partial charge in [0.2, 0.25) is 5.91 Å². The number of likely N-dealkylation sites (tertiary alicyclic amines) is 1. The third-order valence-electron chi connectivity index (χ3n) is 7.43. The van der Waals surface area contributed by atoms with Gasteiger partial charge in [-0.2, -0.15) is 0 Å². The quantitative estimate of drug-likeness (QED) is 0.652. The molecule has 0 aromatic heterocycles. The van der Waals surface area contributed by atoms with Gasteiger partial charge in [-0.25, -0.2) is 13.6 Å². The average Bonchev–Trinajstić information content (AvgIpc) is 3.26. The molecule has 0 radical (unpaired) electrons. The number of piperidine rings is 1. The summed E-state index contributed by atoms with van der Waals surface area (Å²) in [6.07, 6.45) is -0.299. The molecule has 1 saturated carbocycles. The molecular weight excluding hydrogens is 458 g/mol. The van der Waals surface area contributed by atoms with Gasteiger partial charge in [-0.3, -0.25) is 9.59 Å². The molecule has 0 spiro atoms. The summed E-state index contributed by atoms with van der Waals surface area (Å²) in [6, 6.07) is 15.8. The van der Waals surface area contributed by atoms with Gasteiger partial charge in [-0.15, -0.1) is 0 Å². The largest absolute Gasteiger partial charge is 0.481 e. The lowest BCUT2D eigenvalue weighted by molar-refractivity contribution is -0.146. The monoisotopic (exact) mass is 484 g/mol. The molecule has 184 valence electrons. The van der Waals surface area contributed by atoms with Crippen LogP contribution in [0.5, 0.6) is 0 Å². The molecule has 0 bridgehead atoms. The maximum atomic E-state index is 14.4. The lowest BCUT2D eigenvalue weighted by Crippen LogP contribution is -2.42. The van der Waals surface area contributed by atoms with E-state index in [2.05, 4.69) is 5.32 Å². The number of halogens is 2. The van der Waals surface area contributed by atoms with E-state index in [1.165, 1.54) is 4.90 Å². The SMILES string of the molecule is O=C(NCC1C(C(=O)N2CCC(C(=O)O)CC2)C1(F)F)OCC1c2ccccc2-c2ccccc21. The van der Waals surface area contributed by atoms with Gasteiger partial charge in [0.15, 0.2) is 0 Å². The van der Waals surface area contributed by atoms with Gasteiger partial charge in [0.25, 0.3) is 5.92 Å². The number of aliphatic carboxylic acids is 1. The predicted octanol–water partition coefficient (Wildman–Crippen LogP) is 3.73. The summed E-state index contributed by atoms with van der Waals surface area (Å²) >= 11 is 0. The molecule has 2 aliphatic carbocycles. The first kappa shape index (κ1) is 23.3. The number of carboxylic acid groups (broad SMARTS) is 1. The van der Waals surface area contributed by atoms with Gasteiger partial charge in [0.05, 0.1) is 11.8 Å². The lowest BCUT2D eigenvalue weighted by Gasteiger charge is -2.30. The fourth-order valence-corrected chi connectivity index (χ4v) is 5.37. The van der Waals surface area contributed by atoms with E-state index in [-0.39, 0.29) is 45.0 Å². The molecule has 7 nitrogen and oxygen atoms in total. The zero-order valence-electron chi connectivity index (χ0n) is 19.0. The van der Waals surface area contributed by atoms with Crippen molar-refractivity contribution in [1.29, 1.82) is 0 Å². The molecule has 2 aromatic carbocycles. The Morgan fingerprint density at radius 3 is 2.14 bits per heavy atom. The summed E-state index contributed by atoms with van der Waals surface area (Å²) in [5.74, 6) is -8.32. The van der Waals surface area contributed by atoms with Gasteiger partial charge in [-0.1, -0.05) is 48.5 Å². The minimum absolute atomic E-state index is 0.0712. The number of carbonyl (C=O) groups is 3. The summed E-state index contributed by atoms with van der Waals surface area (Å²) in [5.41, 5.74) is 4.27. The number of amides is 2. The summed E-state index contributed by atoms with van der Waals surface area (Å²) < 4.78 is 34.1. The summed E-state index contributed by atoms with van der Waals surface area (Å²) in [4.78, 5) is 37.3. The Hall–Kier alpha value is -3.49. The molecule has 1 aliphatic heterocycles. The van der Waals surface area contributed by atoms with E-state index in [1.807, 2.05) is 48.5 Å². The molecule has 2 amide bonds. The number of nitrogens with one attached hydrogen (secondary N) is 1. The molecule has 2 unspecified atom stereocenters. The number of carbonyl (C=O) groups excluding carboxylic acids is 2. The minimum atomic E-state index is -3.21. The average molecular weight is 484 g/mol. The number of hydrogen-bond acceptors (Lipinski definition) is 4. The Morgan fingerprint density at radius 1 is 1.00 bits per heavy atom. The first-order valence-corrected chi connectivity index (χ1v) is 11.8. The predicted molar refractivity (Wildman–Crippen MR) is 122 cm³/mol. The number of alkyl carbamates (subject to hydrolysis) is 1. The van der Waals surface area contributed by atoms with Crippen LogP contribution in [0.2, 0.25) is 0 Å². The third kappa shape index (κ3) is 4.24. The number of nitrogens with zero attached hydrogens (tertiary/aromatic N) is 1. The van der Waals surface area contributed by atoms with E-state index < -0.39 is 41.6 Å². The molecule has 5 rings (SSSR count). The fourth-order valence-electron chi connectivity index (χ4n) is 5.37. The highest BCUT2D eigenvalue weighted by atomic mass is 19.3. The van der Waals surface area contributed by atoms with E-state index in [0.717, 1.165) is 22.3 Å². The molecule has 2 aromatic rings. The van der Waals surface area contributed by atoms with Gasteiger partial charge in [-0.05, 0) is 35.1 Å². The smallest absolute Gasteiger partial charge is 0.407 e. The fraction of sp³-hybridized carbons (Fsp3) is 0.423. The summed E-state index contributed by atoms with van der Waals surface area (Å²) in [7, 11) is 0. The number of ether oxygens (including phenoxy) is 1. The van der Waals surface area contributed by atoms with E-state index in [9.17, 15) is 23.2 Å². The maximum Gasteiger partial charge on any atom is 0.407 e. The number of carboxylic acids is 1. The summed E-state index contributed by atoms with van der Waals surface area (Å²) in [5, 5.41) is 11.5. The van der Waals surface area contributed by atoms with Crippen LogP contribution in [0.4, 0.5) is 13.6 Å². The standard InChI is InChI=1S/C26H26F2N2O5/c27-26(28)21(22(26)23(31)30-11-9-15(10-12-30)24(32)33)13-29-25(34)35-14-20-18-7-3-1-5-16(18)17-6-2-4-8-19(17)20/h1-8,15,20-22H,9-14H2,(H,29,34)(H,32,33). The van der Waals surface area contributed by atoms with Crippen molar-refractivity contribution in [3.63, 3.8) is 0 Å². The Labute approximate surface area is 201 Å². The Bertz CT molecular complexity index is 1120. The van der Waals surface area contributed by atoms with Crippen molar-refractivity contribution >= 4 is 18.0 Å². The molecule has 2 atom stereocenters. The number of rotatable bonds is 6. The lowest BCUT2D eigenvalue weighted by atomic mass is 9.97. The number of alkyl halides is 2. The normalized spacial score (nSPS) is 22.7. The third-order valence-corrected chi connectivity index (χ3v) is 7.43. The van der Waals surface area contributed by atoms with E-state index in [0.29, 0.717) is 0 Å². The second-order valence-corrected chi connectivity index (χ2v) is 9.40. The van der Waals surface area contributed by atoms with Crippen molar-refractivity contribution < 1.29 is 33.0 Å². The number of benzene rings is 2. The number of fused-ring (bicyclic) bond motifs is 3. The zero-order valence-corrected chi connectivity index (χ0v) is 19.0. The van der Waals surface area contributed by atoms with Gasteiger partial charge >= 0.3 is 12.1 Å². The highest BCUT2D eigenvalue weighted by Gasteiger charge is 2.72. The molecule has 9 heteroatoms. The second-order valence-electron chi connectivity index (χ2n) is 9.40. The van der Waals surface area contributed by atoms with Crippen LogP contribution in [-0.2, 0) is 14.3 Å².